The first-order valence-electron chi connectivity index (χ1n) is 5.60. The average Bonchev–Trinajstić information content (AvgIpc) is 2.30. The molecule has 0 radical (unpaired) electrons. The van der Waals surface area contributed by atoms with Crippen molar-refractivity contribution in [3.63, 3.8) is 0 Å². The summed E-state index contributed by atoms with van der Waals surface area (Å²) in [4.78, 5) is 0. The van der Waals surface area contributed by atoms with E-state index in [1.54, 1.807) is 0 Å². The van der Waals surface area contributed by atoms with Crippen molar-refractivity contribution in [3.8, 4) is 6.07 Å². The zero-order chi connectivity index (χ0) is 11.8. The molecular weight excluding hydrogens is 200 g/mol. The Morgan fingerprint density at radius 2 is 2.25 bits per heavy atom. The van der Waals surface area contributed by atoms with Gasteiger partial charge in [0.1, 0.15) is 0 Å². The molecule has 0 heterocycles. The van der Waals surface area contributed by atoms with Gasteiger partial charge >= 0.3 is 0 Å². The van der Waals surface area contributed by atoms with E-state index in [0.29, 0.717) is 5.56 Å². The van der Waals surface area contributed by atoms with E-state index in [1.807, 2.05) is 32.0 Å². The van der Waals surface area contributed by atoms with Crippen LogP contribution in [0.4, 0.5) is 5.69 Å². The number of nitrogens with one attached hydrogen (secondary N) is 1. The molecule has 0 bridgehead atoms. The van der Waals surface area contributed by atoms with Gasteiger partial charge in [0.2, 0.25) is 0 Å². The Kier molecular flexibility index (Phi) is 5.38. The summed E-state index contributed by atoms with van der Waals surface area (Å²) >= 11 is 0. The van der Waals surface area contributed by atoms with Gasteiger partial charge in [0, 0.05) is 25.4 Å². The third-order valence-electron chi connectivity index (χ3n) is 2.34. The second-order valence-corrected chi connectivity index (χ2v) is 3.62. The molecule has 0 atom stereocenters. The SMILES string of the molecule is CCOCCCNc1ccc(C#N)cc1C. The number of nitriles is 1. The molecule has 0 aliphatic rings. The molecule has 0 saturated heterocycles. The molecule has 1 aromatic carbocycles. The molecule has 0 amide bonds. The molecule has 86 valence electrons. The van der Waals surface area contributed by atoms with Gasteiger partial charge < -0.3 is 10.1 Å². The zero-order valence-electron chi connectivity index (χ0n) is 9.92. The summed E-state index contributed by atoms with van der Waals surface area (Å²) in [7, 11) is 0. The van der Waals surface area contributed by atoms with Gasteiger partial charge in [-0.1, -0.05) is 0 Å². The Bertz CT molecular complexity index is 369. The van der Waals surface area contributed by atoms with Crippen LogP contribution in [0.3, 0.4) is 0 Å². The van der Waals surface area contributed by atoms with Crippen molar-refractivity contribution < 1.29 is 4.74 Å². The van der Waals surface area contributed by atoms with E-state index in [1.165, 1.54) is 0 Å². The second-order valence-electron chi connectivity index (χ2n) is 3.62. The monoisotopic (exact) mass is 218 g/mol. The summed E-state index contributed by atoms with van der Waals surface area (Å²) in [6.07, 6.45) is 0.993. The van der Waals surface area contributed by atoms with Crippen LogP contribution in [-0.2, 0) is 4.74 Å². The van der Waals surface area contributed by atoms with Crippen molar-refractivity contribution in [3.05, 3.63) is 29.3 Å². The van der Waals surface area contributed by atoms with E-state index >= 15 is 0 Å². The van der Waals surface area contributed by atoms with Crippen LogP contribution in [0.15, 0.2) is 18.2 Å². The van der Waals surface area contributed by atoms with Gasteiger partial charge in [0.05, 0.1) is 11.6 Å². The second kappa shape index (κ2) is 6.86. The van der Waals surface area contributed by atoms with E-state index in [2.05, 4.69) is 11.4 Å². The highest BCUT2D eigenvalue weighted by atomic mass is 16.5. The van der Waals surface area contributed by atoms with Gasteiger partial charge in [-0.3, -0.25) is 0 Å². The van der Waals surface area contributed by atoms with Gasteiger partial charge in [-0.2, -0.15) is 5.26 Å². The lowest BCUT2D eigenvalue weighted by Gasteiger charge is -2.09. The van der Waals surface area contributed by atoms with Gasteiger partial charge in [0.15, 0.2) is 0 Å². The van der Waals surface area contributed by atoms with Gasteiger partial charge in [-0.25, -0.2) is 0 Å². The Morgan fingerprint density at radius 1 is 1.44 bits per heavy atom. The van der Waals surface area contributed by atoms with Crippen molar-refractivity contribution >= 4 is 5.69 Å². The quantitative estimate of drug-likeness (QED) is 0.747. The van der Waals surface area contributed by atoms with Crippen molar-refractivity contribution in [1.82, 2.24) is 0 Å². The molecule has 1 N–H and O–H groups in total. The third kappa shape index (κ3) is 3.92. The van der Waals surface area contributed by atoms with E-state index in [-0.39, 0.29) is 0 Å². The molecule has 3 nitrogen and oxygen atoms in total. The standard InChI is InChI=1S/C13H18N2O/c1-3-16-8-4-7-15-13-6-5-12(10-14)9-11(13)2/h5-6,9,15H,3-4,7-8H2,1-2H3. The normalized spacial score (nSPS) is 9.81. The van der Waals surface area contributed by atoms with E-state index in [4.69, 9.17) is 10.00 Å². The number of anilines is 1. The molecule has 0 saturated carbocycles. The smallest absolute Gasteiger partial charge is 0.0991 e. The molecule has 3 heteroatoms. The number of nitrogens with zero attached hydrogens (tertiary/aromatic N) is 1. The maximum absolute atomic E-state index is 8.74. The number of benzene rings is 1. The van der Waals surface area contributed by atoms with Crippen LogP contribution in [-0.4, -0.2) is 19.8 Å². The number of hydrogen-bond donors (Lipinski definition) is 1. The van der Waals surface area contributed by atoms with Crippen LogP contribution >= 0.6 is 0 Å². The van der Waals surface area contributed by atoms with E-state index < -0.39 is 0 Å². The third-order valence-corrected chi connectivity index (χ3v) is 2.34. The lowest BCUT2D eigenvalue weighted by molar-refractivity contribution is 0.147. The minimum atomic E-state index is 0.706. The van der Waals surface area contributed by atoms with Crippen molar-refractivity contribution in [2.75, 3.05) is 25.1 Å². The lowest BCUT2D eigenvalue weighted by Crippen LogP contribution is -2.06. The van der Waals surface area contributed by atoms with Crippen LogP contribution in [0.2, 0.25) is 0 Å². The average molecular weight is 218 g/mol. The first-order valence-corrected chi connectivity index (χ1v) is 5.60. The van der Waals surface area contributed by atoms with Crippen LogP contribution in [0, 0.1) is 18.3 Å². The summed E-state index contributed by atoms with van der Waals surface area (Å²) in [5, 5.41) is 12.1. The number of hydrogen-bond acceptors (Lipinski definition) is 3. The first-order chi connectivity index (χ1) is 7.77. The fourth-order valence-electron chi connectivity index (χ4n) is 1.47. The Labute approximate surface area is 97.0 Å². The van der Waals surface area contributed by atoms with Crippen LogP contribution in [0.5, 0.6) is 0 Å². The summed E-state index contributed by atoms with van der Waals surface area (Å²) in [6.45, 7) is 6.46. The van der Waals surface area contributed by atoms with Crippen molar-refractivity contribution in [2.24, 2.45) is 0 Å². The van der Waals surface area contributed by atoms with E-state index in [0.717, 1.165) is 37.4 Å². The minimum absolute atomic E-state index is 0.706. The van der Waals surface area contributed by atoms with Gasteiger partial charge in [-0.05, 0) is 44.0 Å². The predicted molar refractivity (Wildman–Crippen MR) is 65.5 cm³/mol. The maximum Gasteiger partial charge on any atom is 0.0991 e. The number of aryl methyl sites for hydroxylation is 1. The van der Waals surface area contributed by atoms with E-state index in [9.17, 15) is 0 Å². The fourth-order valence-corrected chi connectivity index (χ4v) is 1.47. The summed E-state index contributed by atoms with van der Waals surface area (Å²) < 4.78 is 5.26. The topological polar surface area (TPSA) is 45.0 Å². The molecule has 0 spiro atoms. The molecule has 0 fully saturated rings. The van der Waals surface area contributed by atoms with Crippen molar-refractivity contribution in [1.29, 1.82) is 5.26 Å². The Morgan fingerprint density at radius 3 is 2.88 bits per heavy atom. The van der Waals surface area contributed by atoms with Gasteiger partial charge in [0.25, 0.3) is 0 Å². The number of rotatable bonds is 6. The molecule has 0 aliphatic carbocycles. The zero-order valence-corrected chi connectivity index (χ0v) is 9.92. The lowest BCUT2D eigenvalue weighted by atomic mass is 10.1. The summed E-state index contributed by atoms with van der Waals surface area (Å²) in [6, 6.07) is 7.81. The molecule has 0 aromatic heterocycles. The highest BCUT2D eigenvalue weighted by Gasteiger charge is 1.98. The van der Waals surface area contributed by atoms with Crippen LogP contribution in [0.25, 0.3) is 0 Å². The molecule has 16 heavy (non-hydrogen) atoms. The first kappa shape index (κ1) is 12.5. The molecular formula is C13H18N2O. The molecule has 1 rings (SSSR count). The molecule has 1 aromatic rings. The maximum atomic E-state index is 8.74. The minimum Gasteiger partial charge on any atom is -0.385 e. The highest BCUT2D eigenvalue weighted by molar-refractivity contribution is 5.53. The van der Waals surface area contributed by atoms with Crippen molar-refractivity contribution in [2.45, 2.75) is 20.3 Å². The molecule has 0 aliphatic heterocycles. The molecule has 0 unspecified atom stereocenters. The Balaban J connectivity index is 2.40. The highest BCUT2D eigenvalue weighted by Crippen LogP contribution is 2.15. The van der Waals surface area contributed by atoms with Gasteiger partial charge in [-0.15, -0.1) is 0 Å². The van der Waals surface area contributed by atoms with Crippen LogP contribution < -0.4 is 5.32 Å². The Hall–Kier alpha value is -1.53. The largest absolute Gasteiger partial charge is 0.385 e. The number of ether oxygens (including phenoxy) is 1. The summed E-state index contributed by atoms with van der Waals surface area (Å²) in [5.74, 6) is 0. The predicted octanol–water partition coefficient (Wildman–Crippen LogP) is 2.71. The fraction of sp³-hybridized carbons (Fsp3) is 0.462. The van der Waals surface area contributed by atoms with Crippen LogP contribution in [0.1, 0.15) is 24.5 Å². The summed E-state index contributed by atoms with van der Waals surface area (Å²) in [5.41, 5.74) is 2.91.